The first-order valence-electron chi connectivity index (χ1n) is 5.87. The quantitative estimate of drug-likeness (QED) is 0.848. The van der Waals surface area contributed by atoms with Gasteiger partial charge in [-0.1, -0.05) is 0 Å². The summed E-state index contributed by atoms with van der Waals surface area (Å²) in [6, 6.07) is 1.10. The molecule has 1 aromatic heterocycles. The van der Waals surface area contributed by atoms with Crippen molar-refractivity contribution in [1.29, 1.82) is 0 Å². The highest BCUT2D eigenvalue weighted by molar-refractivity contribution is 5.89. The topological polar surface area (TPSA) is 73.7 Å². The molecule has 0 bridgehead atoms. The summed E-state index contributed by atoms with van der Waals surface area (Å²) in [5, 5.41) is 8.88. The third-order valence-electron chi connectivity index (χ3n) is 3.07. The van der Waals surface area contributed by atoms with E-state index in [-0.39, 0.29) is 18.3 Å². The molecule has 102 valence electrons. The number of nitrogens with zero attached hydrogens (tertiary/aromatic N) is 3. The van der Waals surface area contributed by atoms with Gasteiger partial charge in [-0.2, -0.15) is 0 Å². The Bertz CT molecular complexity index is 521. The Hall–Kier alpha value is -2.18. The molecular weight excluding hydrogens is 253 g/mol. The molecule has 0 aliphatic carbocycles. The van der Waals surface area contributed by atoms with Crippen LogP contribution in [0.15, 0.2) is 12.3 Å². The lowest BCUT2D eigenvalue weighted by Crippen LogP contribution is -2.35. The normalized spacial score (nSPS) is 16.4. The van der Waals surface area contributed by atoms with Crippen LogP contribution in [-0.4, -0.2) is 53.5 Å². The van der Waals surface area contributed by atoms with E-state index < -0.39 is 17.3 Å². The maximum atomic E-state index is 14.1. The number of hydrogen-bond donors (Lipinski definition) is 1. The van der Waals surface area contributed by atoms with Gasteiger partial charge >= 0.3 is 5.97 Å². The molecule has 7 heteroatoms. The fraction of sp³-hybridized carbons (Fsp3) is 0.417. The van der Waals surface area contributed by atoms with E-state index in [1.807, 2.05) is 0 Å². The lowest BCUT2D eigenvalue weighted by molar-refractivity contribution is -0.127. The lowest BCUT2D eigenvalue weighted by Gasteiger charge is -2.21. The third kappa shape index (κ3) is 2.64. The fourth-order valence-electron chi connectivity index (χ4n) is 1.99. The van der Waals surface area contributed by atoms with Crippen molar-refractivity contribution in [2.24, 2.45) is 0 Å². The molecule has 0 saturated carbocycles. The standard InChI is InChI=1S/C12H14FN3O3/c1-15-5-2-6-16(7-9(15)17)11-10(13)8(12(18)19)3-4-14-11/h3-4H,2,5-7H2,1H3,(H,18,19). The molecule has 2 heterocycles. The molecule has 0 spiro atoms. The smallest absolute Gasteiger partial charge is 0.338 e. The first-order chi connectivity index (χ1) is 9.00. The molecule has 2 rings (SSSR count). The van der Waals surface area contributed by atoms with Crippen molar-refractivity contribution in [1.82, 2.24) is 9.88 Å². The molecular formula is C12H14FN3O3. The zero-order chi connectivity index (χ0) is 14.0. The summed E-state index contributed by atoms with van der Waals surface area (Å²) >= 11 is 0. The number of likely N-dealkylation sites (N-methyl/N-ethyl adjacent to an activating group) is 1. The van der Waals surface area contributed by atoms with Crippen LogP contribution in [0.5, 0.6) is 0 Å². The number of aromatic nitrogens is 1. The molecule has 1 amide bonds. The van der Waals surface area contributed by atoms with Gasteiger partial charge in [-0.05, 0) is 12.5 Å². The lowest BCUT2D eigenvalue weighted by atomic mass is 10.2. The molecule has 1 aromatic rings. The Morgan fingerprint density at radius 2 is 2.21 bits per heavy atom. The van der Waals surface area contributed by atoms with Crippen LogP contribution in [0.25, 0.3) is 0 Å². The van der Waals surface area contributed by atoms with Crippen LogP contribution in [0.2, 0.25) is 0 Å². The summed E-state index contributed by atoms with van der Waals surface area (Å²) in [6.07, 6.45) is 1.92. The maximum Gasteiger partial charge on any atom is 0.338 e. The molecule has 0 aromatic carbocycles. The minimum absolute atomic E-state index is 0.00346. The van der Waals surface area contributed by atoms with Gasteiger partial charge in [0.05, 0.1) is 6.54 Å². The van der Waals surface area contributed by atoms with E-state index in [0.29, 0.717) is 19.5 Å². The third-order valence-corrected chi connectivity index (χ3v) is 3.07. The maximum absolute atomic E-state index is 14.1. The highest BCUT2D eigenvalue weighted by Gasteiger charge is 2.24. The number of carboxylic acids is 1. The van der Waals surface area contributed by atoms with Gasteiger partial charge in [-0.3, -0.25) is 4.79 Å². The van der Waals surface area contributed by atoms with Gasteiger partial charge in [0.15, 0.2) is 11.6 Å². The first kappa shape index (κ1) is 13.3. The van der Waals surface area contributed by atoms with Gasteiger partial charge in [0.2, 0.25) is 5.91 Å². The van der Waals surface area contributed by atoms with Crippen LogP contribution in [0.4, 0.5) is 10.2 Å². The molecule has 19 heavy (non-hydrogen) atoms. The van der Waals surface area contributed by atoms with E-state index in [1.54, 1.807) is 11.9 Å². The van der Waals surface area contributed by atoms with Crippen LogP contribution in [0, 0.1) is 5.82 Å². The molecule has 0 radical (unpaired) electrons. The Morgan fingerprint density at radius 1 is 1.47 bits per heavy atom. The van der Waals surface area contributed by atoms with Gasteiger partial charge in [0.25, 0.3) is 0 Å². The number of amides is 1. The van der Waals surface area contributed by atoms with Crippen molar-refractivity contribution in [3.05, 3.63) is 23.6 Å². The summed E-state index contributed by atoms with van der Waals surface area (Å²) < 4.78 is 14.1. The molecule has 1 fully saturated rings. The number of anilines is 1. The zero-order valence-electron chi connectivity index (χ0n) is 10.5. The Morgan fingerprint density at radius 3 is 2.89 bits per heavy atom. The van der Waals surface area contributed by atoms with E-state index in [4.69, 9.17) is 5.11 Å². The van der Waals surface area contributed by atoms with Gasteiger partial charge < -0.3 is 14.9 Å². The summed E-state index contributed by atoms with van der Waals surface area (Å²) in [4.78, 5) is 29.5. The largest absolute Gasteiger partial charge is 0.478 e. The highest BCUT2D eigenvalue weighted by Crippen LogP contribution is 2.21. The average molecular weight is 267 g/mol. The monoisotopic (exact) mass is 267 g/mol. The van der Waals surface area contributed by atoms with Crippen LogP contribution in [0.3, 0.4) is 0 Å². The SMILES string of the molecule is CN1CCCN(c2nccc(C(=O)O)c2F)CC1=O. The van der Waals surface area contributed by atoms with Crippen molar-refractivity contribution >= 4 is 17.7 Å². The van der Waals surface area contributed by atoms with E-state index in [1.165, 1.54) is 11.1 Å². The van der Waals surface area contributed by atoms with E-state index in [0.717, 1.165) is 6.07 Å². The minimum atomic E-state index is -1.35. The van der Waals surface area contributed by atoms with Crippen LogP contribution >= 0.6 is 0 Å². The molecule has 6 nitrogen and oxygen atoms in total. The Labute approximate surface area is 109 Å². The Balaban J connectivity index is 2.33. The second-order valence-electron chi connectivity index (χ2n) is 4.39. The van der Waals surface area contributed by atoms with Crippen molar-refractivity contribution in [2.45, 2.75) is 6.42 Å². The summed E-state index contributed by atoms with van der Waals surface area (Å²) in [6.45, 7) is 1.06. The number of rotatable bonds is 2. The number of carbonyl (C=O) groups excluding carboxylic acids is 1. The second-order valence-corrected chi connectivity index (χ2v) is 4.39. The zero-order valence-corrected chi connectivity index (χ0v) is 10.5. The van der Waals surface area contributed by atoms with Crippen LogP contribution < -0.4 is 4.90 Å². The number of pyridine rings is 1. The van der Waals surface area contributed by atoms with E-state index >= 15 is 0 Å². The first-order valence-corrected chi connectivity index (χ1v) is 5.87. The molecule has 1 saturated heterocycles. The predicted molar refractivity (Wildman–Crippen MR) is 65.6 cm³/mol. The van der Waals surface area contributed by atoms with Crippen molar-refractivity contribution in [3.63, 3.8) is 0 Å². The van der Waals surface area contributed by atoms with Gasteiger partial charge in [0, 0.05) is 26.3 Å². The van der Waals surface area contributed by atoms with Crippen LogP contribution in [-0.2, 0) is 4.79 Å². The molecule has 1 N–H and O–H groups in total. The molecule has 0 unspecified atom stereocenters. The van der Waals surface area contributed by atoms with Crippen molar-refractivity contribution < 1.29 is 19.1 Å². The summed E-state index contributed by atoms with van der Waals surface area (Å²) in [5.41, 5.74) is -0.435. The number of hydrogen-bond acceptors (Lipinski definition) is 4. The number of carbonyl (C=O) groups is 2. The number of aromatic carboxylic acids is 1. The van der Waals surface area contributed by atoms with E-state index in [9.17, 15) is 14.0 Å². The average Bonchev–Trinajstić information content (AvgIpc) is 2.52. The molecule has 1 aliphatic heterocycles. The fourth-order valence-corrected chi connectivity index (χ4v) is 1.99. The van der Waals surface area contributed by atoms with Gasteiger partial charge in [-0.25, -0.2) is 14.2 Å². The minimum Gasteiger partial charge on any atom is -0.478 e. The van der Waals surface area contributed by atoms with Crippen molar-refractivity contribution in [3.8, 4) is 0 Å². The second kappa shape index (κ2) is 5.21. The van der Waals surface area contributed by atoms with E-state index in [2.05, 4.69) is 4.98 Å². The van der Waals surface area contributed by atoms with Gasteiger partial charge in [-0.15, -0.1) is 0 Å². The number of halogens is 1. The summed E-state index contributed by atoms with van der Waals surface area (Å²) in [7, 11) is 1.68. The van der Waals surface area contributed by atoms with Gasteiger partial charge in [0.1, 0.15) is 5.56 Å². The Kier molecular flexibility index (Phi) is 3.64. The summed E-state index contributed by atoms with van der Waals surface area (Å²) in [5.74, 6) is -2.46. The molecule has 1 aliphatic rings. The van der Waals surface area contributed by atoms with Crippen LogP contribution in [0.1, 0.15) is 16.8 Å². The number of carboxylic acid groups (broad SMARTS) is 1. The van der Waals surface area contributed by atoms with Crippen molar-refractivity contribution in [2.75, 3.05) is 31.6 Å². The predicted octanol–water partition coefficient (Wildman–Crippen LogP) is 0.587. The molecule has 0 atom stereocenters. The highest BCUT2D eigenvalue weighted by atomic mass is 19.1.